The van der Waals surface area contributed by atoms with E-state index in [-0.39, 0.29) is 18.0 Å². The van der Waals surface area contributed by atoms with Crippen molar-refractivity contribution in [3.63, 3.8) is 0 Å². The van der Waals surface area contributed by atoms with E-state index in [1.54, 1.807) is 30.5 Å². The molecule has 0 fully saturated rings. The number of hydrogen-bond acceptors (Lipinski definition) is 4. The molecule has 1 heterocycles. The third-order valence-corrected chi connectivity index (χ3v) is 4.83. The van der Waals surface area contributed by atoms with Gasteiger partial charge in [-0.1, -0.05) is 6.07 Å². The number of benzene rings is 1. The average Bonchev–Trinajstić information content (AvgIpc) is 2.46. The molecule has 1 atom stereocenters. The quantitative estimate of drug-likeness (QED) is 0.824. The number of aryl methyl sites for hydroxylation is 1. The molecule has 1 unspecified atom stereocenters. The summed E-state index contributed by atoms with van der Waals surface area (Å²) >= 11 is 5.95. The van der Waals surface area contributed by atoms with Crippen LogP contribution in [0.5, 0.6) is 0 Å². The van der Waals surface area contributed by atoms with Gasteiger partial charge in [-0.25, -0.2) is 13.1 Å². The molecule has 0 aliphatic rings. The normalized spacial score (nSPS) is 13.5. The minimum atomic E-state index is -3.65. The zero-order valence-corrected chi connectivity index (χ0v) is 13.4. The summed E-state index contributed by atoms with van der Waals surface area (Å²) in [5.41, 5.74) is 1.61. The molecule has 7 heteroatoms. The van der Waals surface area contributed by atoms with Crippen LogP contribution in [0.1, 0.15) is 5.56 Å². The fourth-order valence-electron chi connectivity index (χ4n) is 2.04. The van der Waals surface area contributed by atoms with Crippen molar-refractivity contribution in [2.75, 3.05) is 20.3 Å². The first-order valence-corrected chi connectivity index (χ1v) is 8.34. The standard InChI is InChI=1S/C14H17ClN2O3S/c1-10-5-6-13(12-4-3-7-16-14(10)12)21(18,19)17-8-11(15)9-20-2/h3-7,11,17H,8-9H2,1-2H3. The molecule has 1 aromatic carbocycles. The Balaban J connectivity index is 2.35. The SMILES string of the molecule is COCC(Cl)CNS(=O)(=O)c1ccc(C)c2ncccc12. The van der Waals surface area contributed by atoms with Crippen molar-refractivity contribution < 1.29 is 13.2 Å². The van der Waals surface area contributed by atoms with Gasteiger partial charge in [0.2, 0.25) is 10.0 Å². The maximum atomic E-state index is 12.4. The molecule has 5 nitrogen and oxygen atoms in total. The molecule has 0 saturated carbocycles. The summed E-state index contributed by atoms with van der Waals surface area (Å²) < 4.78 is 32.2. The maximum Gasteiger partial charge on any atom is 0.241 e. The fraction of sp³-hybridized carbons (Fsp3) is 0.357. The summed E-state index contributed by atoms with van der Waals surface area (Å²) in [4.78, 5) is 4.45. The maximum absolute atomic E-state index is 12.4. The van der Waals surface area contributed by atoms with Crippen molar-refractivity contribution in [2.24, 2.45) is 0 Å². The van der Waals surface area contributed by atoms with Crippen LogP contribution in [-0.4, -0.2) is 39.0 Å². The number of fused-ring (bicyclic) bond motifs is 1. The van der Waals surface area contributed by atoms with Crippen LogP contribution in [0.25, 0.3) is 10.9 Å². The van der Waals surface area contributed by atoms with Crippen LogP contribution >= 0.6 is 11.6 Å². The third kappa shape index (κ3) is 3.71. The van der Waals surface area contributed by atoms with E-state index in [1.807, 2.05) is 6.92 Å². The molecular formula is C14H17ClN2O3S. The number of alkyl halides is 1. The number of nitrogens with one attached hydrogen (secondary N) is 1. The van der Waals surface area contributed by atoms with Crippen molar-refractivity contribution in [3.05, 3.63) is 36.0 Å². The molecule has 21 heavy (non-hydrogen) atoms. The number of aromatic nitrogens is 1. The highest BCUT2D eigenvalue weighted by Crippen LogP contribution is 2.24. The Labute approximate surface area is 129 Å². The molecule has 2 aromatic rings. The van der Waals surface area contributed by atoms with E-state index >= 15 is 0 Å². The van der Waals surface area contributed by atoms with Gasteiger partial charge in [-0.2, -0.15) is 0 Å². The van der Waals surface area contributed by atoms with Crippen molar-refractivity contribution in [1.29, 1.82) is 0 Å². The first kappa shape index (κ1) is 16.2. The smallest absolute Gasteiger partial charge is 0.241 e. The first-order valence-electron chi connectivity index (χ1n) is 6.42. The lowest BCUT2D eigenvalue weighted by atomic mass is 10.1. The molecule has 0 spiro atoms. The van der Waals surface area contributed by atoms with Crippen molar-refractivity contribution >= 4 is 32.5 Å². The van der Waals surface area contributed by atoms with Gasteiger partial charge in [-0.3, -0.25) is 4.98 Å². The van der Waals surface area contributed by atoms with Crippen molar-refractivity contribution in [2.45, 2.75) is 17.2 Å². The minimum Gasteiger partial charge on any atom is -0.383 e. The van der Waals surface area contributed by atoms with E-state index in [2.05, 4.69) is 9.71 Å². The summed E-state index contributed by atoms with van der Waals surface area (Å²) in [5, 5.41) is 0.183. The molecule has 2 rings (SSSR count). The van der Waals surface area contributed by atoms with E-state index in [0.29, 0.717) is 10.9 Å². The lowest BCUT2D eigenvalue weighted by molar-refractivity contribution is 0.198. The van der Waals surface area contributed by atoms with Gasteiger partial charge in [0.25, 0.3) is 0 Å². The zero-order chi connectivity index (χ0) is 15.5. The predicted octanol–water partition coefficient (Wildman–Crippen LogP) is 2.08. The monoisotopic (exact) mass is 328 g/mol. The summed E-state index contributed by atoms with van der Waals surface area (Å²) in [6, 6.07) is 6.80. The van der Waals surface area contributed by atoms with Crippen molar-refractivity contribution in [3.8, 4) is 0 Å². The van der Waals surface area contributed by atoms with Crippen molar-refractivity contribution in [1.82, 2.24) is 9.71 Å². The van der Waals surface area contributed by atoms with Gasteiger partial charge in [0.15, 0.2) is 0 Å². The number of sulfonamides is 1. The average molecular weight is 329 g/mol. The Kier molecular flexibility index (Phi) is 5.16. The second-order valence-corrected chi connectivity index (χ2v) is 7.04. The second kappa shape index (κ2) is 6.70. The Morgan fingerprint density at radius 1 is 1.38 bits per heavy atom. The van der Waals surface area contributed by atoms with Gasteiger partial charge in [-0.05, 0) is 30.7 Å². The lowest BCUT2D eigenvalue weighted by Gasteiger charge is -2.12. The molecule has 1 N–H and O–H groups in total. The van der Waals surface area contributed by atoms with Gasteiger partial charge in [-0.15, -0.1) is 11.6 Å². The Bertz CT molecular complexity index is 734. The number of methoxy groups -OCH3 is 1. The number of hydrogen-bond donors (Lipinski definition) is 1. The van der Waals surface area contributed by atoms with Crippen LogP contribution in [0, 0.1) is 6.92 Å². The van der Waals surface area contributed by atoms with Crippen LogP contribution in [0.3, 0.4) is 0 Å². The molecule has 0 saturated heterocycles. The Morgan fingerprint density at radius 2 is 2.14 bits per heavy atom. The van der Waals surface area contributed by atoms with E-state index in [9.17, 15) is 8.42 Å². The molecule has 114 valence electrons. The molecular weight excluding hydrogens is 312 g/mol. The van der Waals surface area contributed by atoms with Gasteiger partial charge in [0.05, 0.1) is 22.4 Å². The number of ether oxygens (including phenoxy) is 1. The highest BCUT2D eigenvalue weighted by Gasteiger charge is 2.19. The topological polar surface area (TPSA) is 68.3 Å². The Hall–Kier alpha value is -1.21. The van der Waals surface area contributed by atoms with E-state index in [4.69, 9.17) is 16.3 Å². The zero-order valence-electron chi connectivity index (χ0n) is 11.8. The fourth-order valence-corrected chi connectivity index (χ4v) is 3.61. The highest BCUT2D eigenvalue weighted by molar-refractivity contribution is 7.89. The van der Waals surface area contributed by atoms with Crippen LogP contribution in [0.2, 0.25) is 0 Å². The van der Waals surface area contributed by atoms with Crippen LogP contribution < -0.4 is 4.72 Å². The predicted molar refractivity (Wildman–Crippen MR) is 83.2 cm³/mol. The molecule has 0 amide bonds. The van der Waals surface area contributed by atoms with E-state index in [0.717, 1.165) is 5.56 Å². The first-order chi connectivity index (χ1) is 9.95. The summed E-state index contributed by atoms with van der Waals surface area (Å²) in [6.07, 6.45) is 1.65. The minimum absolute atomic E-state index is 0.105. The summed E-state index contributed by atoms with van der Waals surface area (Å²) in [5.74, 6) is 0. The molecule has 0 aliphatic carbocycles. The van der Waals surface area contributed by atoms with E-state index < -0.39 is 15.4 Å². The molecule has 1 aromatic heterocycles. The molecule has 0 radical (unpaired) electrons. The second-order valence-electron chi connectivity index (χ2n) is 4.68. The number of rotatable bonds is 6. The summed E-state index contributed by atoms with van der Waals surface area (Å²) in [7, 11) is -2.13. The van der Waals surface area contributed by atoms with Gasteiger partial charge in [0.1, 0.15) is 0 Å². The molecule has 0 bridgehead atoms. The number of pyridine rings is 1. The number of nitrogens with zero attached hydrogens (tertiary/aromatic N) is 1. The third-order valence-electron chi connectivity index (χ3n) is 3.06. The van der Waals surface area contributed by atoms with Crippen LogP contribution in [0.4, 0.5) is 0 Å². The largest absolute Gasteiger partial charge is 0.383 e. The van der Waals surface area contributed by atoms with Gasteiger partial charge < -0.3 is 4.74 Å². The van der Waals surface area contributed by atoms with Gasteiger partial charge >= 0.3 is 0 Å². The number of halogens is 1. The van der Waals surface area contributed by atoms with Crippen LogP contribution in [-0.2, 0) is 14.8 Å². The van der Waals surface area contributed by atoms with E-state index in [1.165, 1.54) is 7.11 Å². The lowest BCUT2D eigenvalue weighted by Crippen LogP contribution is -2.31. The Morgan fingerprint density at radius 3 is 2.86 bits per heavy atom. The van der Waals surface area contributed by atoms with Gasteiger partial charge in [0, 0.05) is 25.2 Å². The molecule has 0 aliphatic heterocycles. The highest BCUT2D eigenvalue weighted by atomic mass is 35.5. The summed E-state index contributed by atoms with van der Waals surface area (Å²) in [6.45, 7) is 2.28. The van der Waals surface area contributed by atoms with Crippen LogP contribution in [0.15, 0.2) is 35.4 Å².